The largest absolute Gasteiger partial charge is 0.454 e. The second-order valence-electron chi connectivity index (χ2n) is 8.00. The Bertz CT molecular complexity index is 959. The van der Waals surface area contributed by atoms with Crippen LogP contribution in [-0.4, -0.2) is 36.1 Å². The molecule has 4 rings (SSSR count). The second kappa shape index (κ2) is 10.4. The predicted molar refractivity (Wildman–Crippen MR) is 120 cm³/mol. The van der Waals surface area contributed by atoms with Gasteiger partial charge >= 0.3 is 0 Å². The number of aliphatic hydroxyl groups excluding tert-OH is 1. The highest BCUT2D eigenvalue weighted by Crippen LogP contribution is 2.33. The van der Waals surface area contributed by atoms with E-state index in [1.54, 1.807) is 0 Å². The second-order valence-corrected chi connectivity index (χ2v) is 8.00. The maximum Gasteiger partial charge on any atom is 0.231 e. The van der Waals surface area contributed by atoms with Gasteiger partial charge in [-0.2, -0.15) is 0 Å². The molecule has 1 heterocycles. The minimum atomic E-state index is -0.580. The fraction of sp³-hybridized carbons (Fsp3) is 0.308. The summed E-state index contributed by atoms with van der Waals surface area (Å²) in [4.78, 5) is 2.23. The van der Waals surface area contributed by atoms with Crippen molar-refractivity contribution in [3.8, 4) is 11.5 Å². The zero-order chi connectivity index (χ0) is 21.5. The van der Waals surface area contributed by atoms with Gasteiger partial charge in [0.05, 0.1) is 19.3 Å². The summed E-state index contributed by atoms with van der Waals surface area (Å²) in [6.45, 7) is 5.09. The standard InChI is InChI=1S/C26H29NO4/c1-20-7-9-21(10-8-20)14-27(15-23-11-12-25-26(13-23)31-19-30-25)16-24(28)18-29-17-22-5-3-2-4-6-22/h2-13,24,28H,14-19H2,1H3/t24-/m1/s1. The number of nitrogens with zero attached hydrogens (tertiary/aromatic N) is 1. The average molecular weight is 420 g/mol. The van der Waals surface area contributed by atoms with Crippen LogP contribution in [0.5, 0.6) is 11.5 Å². The third-order valence-corrected chi connectivity index (χ3v) is 5.26. The van der Waals surface area contributed by atoms with Crippen LogP contribution >= 0.6 is 0 Å². The molecule has 0 unspecified atom stereocenters. The minimum Gasteiger partial charge on any atom is -0.454 e. The number of fused-ring (bicyclic) bond motifs is 1. The number of benzene rings is 3. The van der Waals surface area contributed by atoms with Crippen molar-refractivity contribution in [2.75, 3.05) is 19.9 Å². The number of ether oxygens (including phenoxy) is 3. The van der Waals surface area contributed by atoms with Gasteiger partial charge in [0.25, 0.3) is 0 Å². The van der Waals surface area contributed by atoms with Gasteiger partial charge in [0.15, 0.2) is 11.5 Å². The van der Waals surface area contributed by atoms with Gasteiger partial charge in [0, 0.05) is 19.6 Å². The van der Waals surface area contributed by atoms with E-state index in [-0.39, 0.29) is 6.79 Å². The SMILES string of the molecule is Cc1ccc(CN(Cc2ccc3c(c2)OCO3)C[C@@H](O)COCc2ccccc2)cc1. The monoisotopic (exact) mass is 419 g/mol. The molecule has 1 aliphatic heterocycles. The van der Waals surface area contributed by atoms with Gasteiger partial charge in [-0.05, 0) is 35.7 Å². The maximum absolute atomic E-state index is 10.6. The Hall–Kier alpha value is -2.86. The van der Waals surface area contributed by atoms with Crippen LogP contribution in [0.15, 0.2) is 72.8 Å². The average Bonchev–Trinajstić information content (AvgIpc) is 3.24. The van der Waals surface area contributed by atoms with Crippen molar-refractivity contribution in [3.63, 3.8) is 0 Å². The van der Waals surface area contributed by atoms with Gasteiger partial charge in [-0.1, -0.05) is 66.2 Å². The Morgan fingerprint density at radius 2 is 1.58 bits per heavy atom. The predicted octanol–water partition coefficient (Wildman–Crippen LogP) is 4.30. The Morgan fingerprint density at radius 3 is 2.39 bits per heavy atom. The van der Waals surface area contributed by atoms with E-state index < -0.39 is 6.10 Å². The Kier molecular flexibility index (Phi) is 7.20. The summed E-state index contributed by atoms with van der Waals surface area (Å²) in [5.74, 6) is 1.56. The zero-order valence-electron chi connectivity index (χ0n) is 17.9. The van der Waals surface area contributed by atoms with Crippen molar-refractivity contribution in [3.05, 3.63) is 95.1 Å². The topological polar surface area (TPSA) is 51.2 Å². The Morgan fingerprint density at radius 1 is 0.871 bits per heavy atom. The lowest BCUT2D eigenvalue weighted by Gasteiger charge is -2.25. The molecule has 1 N–H and O–H groups in total. The van der Waals surface area contributed by atoms with Gasteiger partial charge in [0.2, 0.25) is 6.79 Å². The lowest BCUT2D eigenvalue weighted by molar-refractivity contribution is 0.00712. The third kappa shape index (κ3) is 6.31. The third-order valence-electron chi connectivity index (χ3n) is 5.26. The number of rotatable bonds is 10. The highest BCUT2D eigenvalue weighted by atomic mass is 16.7. The molecule has 0 spiro atoms. The van der Waals surface area contributed by atoms with Crippen molar-refractivity contribution in [1.29, 1.82) is 0 Å². The normalized spacial score (nSPS) is 13.5. The zero-order valence-corrected chi connectivity index (χ0v) is 17.9. The molecule has 162 valence electrons. The van der Waals surface area contributed by atoms with Gasteiger partial charge in [0.1, 0.15) is 0 Å². The number of aryl methyl sites for hydroxylation is 1. The summed E-state index contributed by atoms with van der Waals surface area (Å²) >= 11 is 0. The van der Waals surface area contributed by atoms with Gasteiger partial charge in [-0.25, -0.2) is 0 Å². The van der Waals surface area contributed by atoms with Crippen LogP contribution in [0, 0.1) is 6.92 Å². The molecule has 1 atom stereocenters. The molecule has 1 aliphatic rings. The van der Waals surface area contributed by atoms with Crippen LogP contribution in [0.4, 0.5) is 0 Å². The van der Waals surface area contributed by atoms with Crippen LogP contribution in [0.25, 0.3) is 0 Å². The van der Waals surface area contributed by atoms with Crippen LogP contribution in [0.3, 0.4) is 0 Å². The number of hydrogen-bond acceptors (Lipinski definition) is 5. The quantitative estimate of drug-likeness (QED) is 0.531. The van der Waals surface area contributed by atoms with E-state index in [4.69, 9.17) is 14.2 Å². The van der Waals surface area contributed by atoms with E-state index >= 15 is 0 Å². The van der Waals surface area contributed by atoms with Crippen molar-refractivity contribution in [2.24, 2.45) is 0 Å². The minimum absolute atomic E-state index is 0.267. The van der Waals surface area contributed by atoms with Crippen molar-refractivity contribution < 1.29 is 19.3 Å². The summed E-state index contributed by atoms with van der Waals surface area (Å²) < 4.78 is 16.7. The first-order valence-electron chi connectivity index (χ1n) is 10.6. The Balaban J connectivity index is 1.38. The highest BCUT2D eigenvalue weighted by molar-refractivity contribution is 5.44. The molecular formula is C26H29NO4. The molecule has 31 heavy (non-hydrogen) atoms. The van der Waals surface area contributed by atoms with Crippen molar-refractivity contribution in [1.82, 2.24) is 4.90 Å². The van der Waals surface area contributed by atoms with Crippen LogP contribution in [0.1, 0.15) is 22.3 Å². The van der Waals surface area contributed by atoms with Crippen molar-refractivity contribution >= 4 is 0 Å². The number of aliphatic hydroxyl groups is 1. The summed E-state index contributed by atoms with van der Waals surface area (Å²) in [7, 11) is 0. The Labute approximate surface area is 183 Å². The highest BCUT2D eigenvalue weighted by Gasteiger charge is 2.17. The summed E-state index contributed by atoms with van der Waals surface area (Å²) in [5.41, 5.74) is 4.67. The molecule has 3 aromatic rings. The van der Waals surface area contributed by atoms with E-state index in [0.717, 1.165) is 29.2 Å². The lowest BCUT2D eigenvalue weighted by atomic mass is 10.1. The first-order chi connectivity index (χ1) is 15.2. The van der Waals surface area contributed by atoms with E-state index in [2.05, 4.69) is 36.1 Å². The van der Waals surface area contributed by atoms with Crippen LogP contribution in [-0.2, 0) is 24.4 Å². The van der Waals surface area contributed by atoms with E-state index in [9.17, 15) is 5.11 Å². The first kappa shape index (κ1) is 21.4. The van der Waals surface area contributed by atoms with Crippen LogP contribution < -0.4 is 9.47 Å². The molecule has 0 bridgehead atoms. The molecule has 3 aromatic carbocycles. The molecule has 5 nitrogen and oxygen atoms in total. The summed E-state index contributed by atoms with van der Waals surface area (Å²) in [6, 6.07) is 24.5. The van der Waals surface area contributed by atoms with Crippen molar-refractivity contribution in [2.45, 2.75) is 32.7 Å². The van der Waals surface area contributed by atoms with Gasteiger partial charge in [-0.3, -0.25) is 4.90 Å². The van der Waals surface area contributed by atoms with E-state index in [0.29, 0.717) is 26.3 Å². The summed E-state index contributed by atoms with van der Waals surface area (Å²) in [6.07, 6.45) is -0.580. The van der Waals surface area contributed by atoms with E-state index in [1.165, 1.54) is 11.1 Å². The molecule has 0 amide bonds. The molecule has 0 saturated heterocycles. The van der Waals surface area contributed by atoms with Gasteiger partial charge in [-0.15, -0.1) is 0 Å². The fourth-order valence-electron chi connectivity index (χ4n) is 3.67. The van der Waals surface area contributed by atoms with E-state index in [1.807, 2.05) is 48.5 Å². The van der Waals surface area contributed by atoms with Crippen LogP contribution in [0.2, 0.25) is 0 Å². The molecule has 0 saturated carbocycles. The molecule has 0 aliphatic carbocycles. The molecule has 5 heteroatoms. The first-order valence-corrected chi connectivity index (χ1v) is 10.6. The molecular weight excluding hydrogens is 390 g/mol. The molecule has 0 fully saturated rings. The fourth-order valence-corrected chi connectivity index (χ4v) is 3.67. The van der Waals surface area contributed by atoms with Gasteiger partial charge < -0.3 is 19.3 Å². The lowest BCUT2D eigenvalue weighted by Crippen LogP contribution is -2.34. The maximum atomic E-state index is 10.6. The molecule has 0 aromatic heterocycles. The summed E-state index contributed by atoms with van der Waals surface area (Å²) in [5, 5.41) is 10.6. The number of hydrogen-bond donors (Lipinski definition) is 1. The smallest absolute Gasteiger partial charge is 0.231 e. The molecule has 0 radical (unpaired) electrons.